The van der Waals surface area contributed by atoms with E-state index in [-0.39, 0.29) is 11.5 Å². The third-order valence-corrected chi connectivity index (χ3v) is 6.11. The topological polar surface area (TPSA) is 49.6 Å². The molecule has 0 N–H and O–H groups in total. The largest absolute Gasteiger partial charge is 0.420 e. The Labute approximate surface area is 199 Å². The van der Waals surface area contributed by atoms with Crippen LogP contribution in [-0.2, 0) is 12.7 Å². The molecule has 0 bridgehead atoms. The summed E-state index contributed by atoms with van der Waals surface area (Å²) in [5.41, 5.74) is 1.74. The Hall–Kier alpha value is -3.17. The molecule has 0 spiro atoms. The number of hydrogen-bond acceptors (Lipinski definition) is 5. The molecular weight excluding hydrogens is 465 g/mol. The number of pyridine rings is 1. The van der Waals surface area contributed by atoms with Crippen LogP contribution in [0.25, 0.3) is 16.9 Å². The van der Waals surface area contributed by atoms with Crippen LogP contribution in [0.5, 0.6) is 0 Å². The van der Waals surface area contributed by atoms with Crippen LogP contribution in [0.15, 0.2) is 60.9 Å². The predicted molar refractivity (Wildman–Crippen MR) is 125 cm³/mol. The molecule has 1 aliphatic rings. The molecule has 0 aliphatic carbocycles. The fraction of sp³-hybridized carbons (Fsp3) is 0.292. The molecule has 1 fully saturated rings. The molecule has 3 aromatic heterocycles. The highest BCUT2D eigenvalue weighted by atomic mass is 35.5. The zero-order valence-corrected chi connectivity index (χ0v) is 19.0. The van der Waals surface area contributed by atoms with Gasteiger partial charge >= 0.3 is 6.18 Å². The van der Waals surface area contributed by atoms with Crippen molar-refractivity contribution in [2.24, 2.45) is 0 Å². The molecule has 1 aliphatic heterocycles. The van der Waals surface area contributed by atoms with Crippen LogP contribution in [0.2, 0.25) is 5.02 Å². The van der Waals surface area contributed by atoms with Crippen molar-refractivity contribution in [2.45, 2.75) is 19.1 Å². The molecule has 4 heterocycles. The highest BCUT2D eigenvalue weighted by Gasteiger charge is 2.37. The van der Waals surface area contributed by atoms with Gasteiger partial charge in [-0.05, 0) is 24.6 Å². The van der Waals surface area contributed by atoms with E-state index in [1.807, 2.05) is 16.7 Å². The number of aromatic nitrogens is 4. The summed E-state index contributed by atoms with van der Waals surface area (Å²) in [4.78, 5) is 8.50. The molecule has 6 nitrogen and oxygen atoms in total. The summed E-state index contributed by atoms with van der Waals surface area (Å²) in [7, 11) is 0. The standard InChI is InChI=1S/C24H22ClF3N6/c25-18-7-8-22-29-19(16-34(22)14-18)15-32-9-4-10-33(12-11-32)23-20(24(26,27)28)13-21(30-31-23)17-5-2-1-3-6-17/h1-3,5-8,13-14,16H,4,9-12,15H2. The minimum atomic E-state index is -4.53. The van der Waals surface area contributed by atoms with Crippen molar-refractivity contribution >= 4 is 23.1 Å². The zero-order chi connectivity index (χ0) is 23.7. The number of anilines is 1. The van der Waals surface area contributed by atoms with Gasteiger partial charge in [-0.3, -0.25) is 4.90 Å². The summed E-state index contributed by atoms with van der Waals surface area (Å²) >= 11 is 6.05. The fourth-order valence-electron chi connectivity index (χ4n) is 4.24. The first-order valence-electron chi connectivity index (χ1n) is 11.0. The second kappa shape index (κ2) is 9.23. The molecule has 0 atom stereocenters. The number of benzene rings is 1. The van der Waals surface area contributed by atoms with Crippen molar-refractivity contribution in [3.8, 4) is 11.3 Å². The lowest BCUT2D eigenvalue weighted by Crippen LogP contribution is -2.32. The summed E-state index contributed by atoms with van der Waals surface area (Å²) in [6.45, 7) is 2.84. The molecule has 0 saturated carbocycles. The Kier molecular flexibility index (Phi) is 6.14. The Morgan fingerprint density at radius 2 is 1.74 bits per heavy atom. The second-order valence-electron chi connectivity index (χ2n) is 8.29. The second-order valence-corrected chi connectivity index (χ2v) is 8.73. The van der Waals surface area contributed by atoms with Crippen molar-refractivity contribution < 1.29 is 13.2 Å². The van der Waals surface area contributed by atoms with E-state index in [1.165, 1.54) is 0 Å². The Morgan fingerprint density at radius 3 is 2.53 bits per heavy atom. The van der Waals surface area contributed by atoms with Crippen molar-refractivity contribution in [1.29, 1.82) is 0 Å². The molecule has 5 rings (SSSR count). The molecule has 0 unspecified atom stereocenters. The molecule has 10 heteroatoms. The Morgan fingerprint density at radius 1 is 0.912 bits per heavy atom. The van der Waals surface area contributed by atoms with E-state index in [4.69, 9.17) is 11.6 Å². The van der Waals surface area contributed by atoms with Crippen LogP contribution in [0.3, 0.4) is 0 Å². The zero-order valence-electron chi connectivity index (χ0n) is 18.2. The van der Waals surface area contributed by atoms with Gasteiger partial charge in [0.15, 0.2) is 5.82 Å². The summed E-state index contributed by atoms with van der Waals surface area (Å²) in [5, 5.41) is 8.79. The lowest BCUT2D eigenvalue weighted by atomic mass is 10.1. The average Bonchev–Trinajstić information content (AvgIpc) is 3.06. The van der Waals surface area contributed by atoms with Gasteiger partial charge in [0.2, 0.25) is 0 Å². The smallest absolute Gasteiger partial charge is 0.353 e. The monoisotopic (exact) mass is 486 g/mol. The number of nitrogens with zero attached hydrogens (tertiary/aromatic N) is 6. The first-order valence-corrected chi connectivity index (χ1v) is 11.4. The molecule has 4 aromatic rings. The van der Waals surface area contributed by atoms with Gasteiger partial charge in [0.1, 0.15) is 11.2 Å². The lowest BCUT2D eigenvalue weighted by molar-refractivity contribution is -0.137. The number of alkyl halides is 3. The SMILES string of the molecule is FC(F)(F)c1cc(-c2ccccc2)nnc1N1CCCN(Cc2cn3cc(Cl)ccc3n2)CC1. The summed E-state index contributed by atoms with van der Waals surface area (Å²) in [5.74, 6) is -0.114. The summed E-state index contributed by atoms with van der Waals surface area (Å²) < 4.78 is 43.8. The molecule has 1 aromatic carbocycles. The normalized spacial score (nSPS) is 15.6. The van der Waals surface area contributed by atoms with Gasteiger partial charge in [-0.25, -0.2) is 4.98 Å². The van der Waals surface area contributed by atoms with Crippen LogP contribution in [-0.4, -0.2) is 50.7 Å². The van der Waals surface area contributed by atoms with Gasteiger partial charge in [0, 0.05) is 50.7 Å². The van der Waals surface area contributed by atoms with Crippen LogP contribution in [0.4, 0.5) is 19.0 Å². The Bertz CT molecular complexity index is 1290. The third-order valence-electron chi connectivity index (χ3n) is 5.89. The first kappa shape index (κ1) is 22.6. The quantitative estimate of drug-likeness (QED) is 0.398. The maximum absolute atomic E-state index is 14.0. The molecular formula is C24H22ClF3N6. The number of fused-ring (bicyclic) bond motifs is 1. The molecule has 1 saturated heterocycles. The van der Waals surface area contributed by atoms with Crippen molar-refractivity contribution in [1.82, 2.24) is 24.5 Å². The van der Waals surface area contributed by atoms with E-state index >= 15 is 0 Å². The van der Waals surface area contributed by atoms with Crippen LogP contribution in [0, 0.1) is 0 Å². The summed E-state index contributed by atoms with van der Waals surface area (Å²) in [6.07, 6.45) is -0.0926. The third kappa shape index (κ3) is 4.85. The van der Waals surface area contributed by atoms with Crippen molar-refractivity contribution in [3.05, 3.63) is 77.2 Å². The molecule has 34 heavy (non-hydrogen) atoms. The number of hydrogen-bond donors (Lipinski definition) is 0. The maximum Gasteiger partial charge on any atom is 0.420 e. The van der Waals surface area contributed by atoms with Crippen LogP contribution in [0.1, 0.15) is 17.7 Å². The van der Waals surface area contributed by atoms with Gasteiger partial charge < -0.3 is 9.30 Å². The fourth-order valence-corrected chi connectivity index (χ4v) is 4.41. The number of halogens is 4. The number of rotatable bonds is 4. The summed E-state index contributed by atoms with van der Waals surface area (Å²) in [6, 6.07) is 13.5. The first-order chi connectivity index (χ1) is 16.4. The lowest BCUT2D eigenvalue weighted by Gasteiger charge is -2.25. The minimum absolute atomic E-state index is 0.114. The van der Waals surface area contributed by atoms with Gasteiger partial charge in [-0.1, -0.05) is 41.9 Å². The highest BCUT2D eigenvalue weighted by Crippen LogP contribution is 2.37. The van der Waals surface area contributed by atoms with E-state index < -0.39 is 11.7 Å². The van der Waals surface area contributed by atoms with Crippen LogP contribution < -0.4 is 4.90 Å². The van der Waals surface area contributed by atoms with E-state index in [0.29, 0.717) is 43.2 Å². The molecule has 0 radical (unpaired) electrons. The molecule has 0 amide bonds. The van der Waals surface area contributed by atoms with Gasteiger partial charge in [-0.15, -0.1) is 10.2 Å². The van der Waals surface area contributed by atoms with Gasteiger partial charge in [0.05, 0.1) is 16.4 Å². The average molecular weight is 487 g/mol. The van der Waals surface area contributed by atoms with Gasteiger partial charge in [0.25, 0.3) is 0 Å². The van der Waals surface area contributed by atoms with Crippen LogP contribution >= 0.6 is 11.6 Å². The predicted octanol–water partition coefficient (Wildman–Crippen LogP) is 5.18. The maximum atomic E-state index is 14.0. The van der Waals surface area contributed by atoms with E-state index in [2.05, 4.69) is 20.1 Å². The van der Waals surface area contributed by atoms with E-state index in [1.54, 1.807) is 47.5 Å². The number of imidazole rings is 1. The van der Waals surface area contributed by atoms with Crippen molar-refractivity contribution in [3.63, 3.8) is 0 Å². The minimum Gasteiger partial charge on any atom is -0.353 e. The van der Waals surface area contributed by atoms with Gasteiger partial charge in [-0.2, -0.15) is 13.2 Å². The van der Waals surface area contributed by atoms with E-state index in [9.17, 15) is 13.2 Å². The Balaban J connectivity index is 1.34. The molecule has 176 valence electrons. The van der Waals surface area contributed by atoms with E-state index in [0.717, 1.165) is 24.0 Å². The van der Waals surface area contributed by atoms with Crippen molar-refractivity contribution in [2.75, 3.05) is 31.1 Å². The highest BCUT2D eigenvalue weighted by molar-refractivity contribution is 6.30.